The number of nitrogens with one attached hydrogen (secondary N) is 1. The summed E-state index contributed by atoms with van der Waals surface area (Å²) in [7, 11) is 1.82. The molecule has 0 saturated carbocycles. The minimum Gasteiger partial charge on any atom is -0.382 e. The Bertz CT molecular complexity index is 616. The second-order valence-corrected chi connectivity index (χ2v) is 5.01. The summed E-state index contributed by atoms with van der Waals surface area (Å²) < 4.78 is 1.70. The van der Waals surface area contributed by atoms with Gasteiger partial charge in [-0.2, -0.15) is 0 Å². The molecule has 0 saturated heterocycles. The van der Waals surface area contributed by atoms with Crippen LogP contribution in [0.2, 0.25) is 0 Å². The Morgan fingerprint density at radius 2 is 2.00 bits per heavy atom. The molecule has 1 unspecified atom stereocenters. The topological polar surface area (TPSA) is 34.0 Å². The van der Waals surface area contributed by atoms with Gasteiger partial charge in [-0.3, -0.25) is 4.79 Å². The molecule has 0 aliphatic heterocycles. The van der Waals surface area contributed by atoms with Crippen LogP contribution < -0.4 is 10.9 Å². The summed E-state index contributed by atoms with van der Waals surface area (Å²) in [5.41, 5.74) is 1.97. The SMILES string of the molecule is CCCC(CC)Nc1cc(=O)n(C)c2ccccc12. The van der Waals surface area contributed by atoms with E-state index in [1.54, 1.807) is 10.6 Å². The van der Waals surface area contributed by atoms with Gasteiger partial charge in [0.2, 0.25) is 0 Å². The van der Waals surface area contributed by atoms with Gasteiger partial charge in [0, 0.05) is 30.2 Å². The molecular weight excluding hydrogens is 236 g/mol. The molecule has 0 amide bonds. The predicted molar refractivity (Wildman–Crippen MR) is 81.8 cm³/mol. The maximum atomic E-state index is 12.0. The molecule has 0 spiro atoms. The van der Waals surface area contributed by atoms with Crippen LogP contribution in [0.1, 0.15) is 33.1 Å². The molecule has 2 aromatic rings. The first-order chi connectivity index (χ1) is 9.17. The average molecular weight is 258 g/mol. The molecule has 1 atom stereocenters. The van der Waals surface area contributed by atoms with E-state index in [1.165, 1.54) is 0 Å². The zero-order valence-electron chi connectivity index (χ0n) is 11.9. The largest absolute Gasteiger partial charge is 0.382 e. The summed E-state index contributed by atoms with van der Waals surface area (Å²) >= 11 is 0. The van der Waals surface area contributed by atoms with Crippen LogP contribution in [0.5, 0.6) is 0 Å². The Morgan fingerprint density at radius 3 is 2.68 bits per heavy atom. The summed E-state index contributed by atoms with van der Waals surface area (Å²) in [6.45, 7) is 4.36. The van der Waals surface area contributed by atoms with E-state index in [9.17, 15) is 4.79 Å². The summed E-state index contributed by atoms with van der Waals surface area (Å²) in [6.07, 6.45) is 3.34. The highest BCUT2D eigenvalue weighted by atomic mass is 16.1. The molecule has 2 rings (SSSR count). The standard InChI is InChI=1S/C16H22N2O/c1-4-8-12(5-2)17-14-11-16(19)18(3)15-10-7-6-9-13(14)15/h6-7,9-12,17H,4-5,8H2,1-3H3. The Hall–Kier alpha value is -1.77. The molecule has 0 fully saturated rings. The fourth-order valence-corrected chi connectivity index (χ4v) is 2.48. The van der Waals surface area contributed by atoms with E-state index in [1.807, 2.05) is 25.2 Å². The number of para-hydroxylation sites is 1. The van der Waals surface area contributed by atoms with E-state index >= 15 is 0 Å². The van der Waals surface area contributed by atoms with Gasteiger partial charge >= 0.3 is 0 Å². The first-order valence-corrected chi connectivity index (χ1v) is 7.02. The van der Waals surface area contributed by atoms with Gasteiger partial charge in [0.15, 0.2) is 0 Å². The van der Waals surface area contributed by atoms with Gasteiger partial charge in [0.05, 0.1) is 5.52 Å². The maximum Gasteiger partial charge on any atom is 0.252 e. The highest BCUT2D eigenvalue weighted by Gasteiger charge is 2.10. The fraction of sp³-hybridized carbons (Fsp3) is 0.438. The molecule has 0 aliphatic rings. The van der Waals surface area contributed by atoms with Crippen LogP contribution in [-0.2, 0) is 7.05 Å². The van der Waals surface area contributed by atoms with Crippen molar-refractivity contribution >= 4 is 16.6 Å². The van der Waals surface area contributed by atoms with Gasteiger partial charge in [-0.05, 0) is 18.9 Å². The monoisotopic (exact) mass is 258 g/mol. The van der Waals surface area contributed by atoms with E-state index in [-0.39, 0.29) is 5.56 Å². The van der Waals surface area contributed by atoms with Crippen LogP contribution in [0.3, 0.4) is 0 Å². The van der Waals surface area contributed by atoms with Gasteiger partial charge < -0.3 is 9.88 Å². The van der Waals surface area contributed by atoms with E-state index in [0.717, 1.165) is 35.9 Å². The lowest BCUT2D eigenvalue weighted by atomic mass is 10.1. The number of hydrogen-bond donors (Lipinski definition) is 1. The Kier molecular flexibility index (Phi) is 4.25. The molecule has 1 N–H and O–H groups in total. The van der Waals surface area contributed by atoms with Crippen LogP contribution in [0, 0.1) is 0 Å². The number of pyridine rings is 1. The van der Waals surface area contributed by atoms with Crippen LogP contribution in [-0.4, -0.2) is 10.6 Å². The lowest BCUT2D eigenvalue weighted by molar-refractivity contribution is 0.623. The summed E-state index contributed by atoms with van der Waals surface area (Å²) in [4.78, 5) is 12.0. The molecule has 1 aromatic heterocycles. The Balaban J connectivity index is 2.48. The number of nitrogens with zero attached hydrogens (tertiary/aromatic N) is 1. The molecule has 3 nitrogen and oxygen atoms in total. The number of fused-ring (bicyclic) bond motifs is 1. The molecule has 1 aromatic carbocycles. The minimum absolute atomic E-state index is 0.0348. The van der Waals surface area contributed by atoms with Crippen molar-refractivity contribution in [2.45, 2.75) is 39.2 Å². The van der Waals surface area contributed by atoms with Gasteiger partial charge in [0.25, 0.3) is 5.56 Å². The lowest BCUT2D eigenvalue weighted by Gasteiger charge is -2.19. The normalized spacial score (nSPS) is 12.6. The Labute approximate surface area is 114 Å². The van der Waals surface area contributed by atoms with Crippen molar-refractivity contribution in [1.82, 2.24) is 4.57 Å². The van der Waals surface area contributed by atoms with Crippen molar-refractivity contribution in [3.05, 3.63) is 40.7 Å². The predicted octanol–water partition coefficient (Wildman–Crippen LogP) is 3.53. The maximum absolute atomic E-state index is 12.0. The number of benzene rings is 1. The Morgan fingerprint density at radius 1 is 1.26 bits per heavy atom. The highest BCUT2D eigenvalue weighted by Crippen LogP contribution is 2.22. The molecule has 19 heavy (non-hydrogen) atoms. The highest BCUT2D eigenvalue weighted by molar-refractivity contribution is 5.91. The number of aromatic nitrogens is 1. The smallest absolute Gasteiger partial charge is 0.252 e. The van der Waals surface area contributed by atoms with Crippen molar-refractivity contribution in [3.8, 4) is 0 Å². The molecule has 0 aliphatic carbocycles. The van der Waals surface area contributed by atoms with E-state index in [4.69, 9.17) is 0 Å². The minimum atomic E-state index is 0.0348. The summed E-state index contributed by atoms with van der Waals surface area (Å²) in [5.74, 6) is 0. The molecule has 3 heteroatoms. The van der Waals surface area contributed by atoms with Crippen molar-refractivity contribution in [2.24, 2.45) is 7.05 Å². The van der Waals surface area contributed by atoms with Crippen LogP contribution in [0.15, 0.2) is 35.1 Å². The number of anilines is 1. The molecule has 0 radical (unpaired) electrons. The number of hydrogen-bond acceptors (Lipinski definition) is 2. The van der Waals surface area contributed by atoms with E-state index in [2.05, 4.69) is 25.2 Å². The summed E-state index contributed by atoms with van der Waals surface area (Å²) in [6, 6.07) is 10.2. The fourth-order valence-electron chi connectivity index (χ4n) is 2.48. The van der Waals surface area contributed by atoms with Gasteiger partial charge in [0.1, 0.15) is 0 Å². The zero-order chi connectivity index (χ0) is 13.8. The lowest BCUT2D eigenvalue weighted by Crippen LogP contribution is -2.22. The molecule has 102 valence electrons. The molecule has 1 heterocycles. The van der Waals surface area contributed by atoms with Gasteiger partial charge in [-0.15, -0.1) is 0 Å². The van der Waals surface area contributed by atoms with Crippen LogP contribution >= 0.6 is 0 Å². The molecular formula is C16H22N2O. The number of aryl methyl sites for hydroxylation is 1. The van der Waals surface area contributed by atoms with Crippen molar-refractivity contribution < 1.29 is 0 Å². The van der Waals surface area contributed by atoms with Crippen molar-refractivity contribution in [3.63, 3.8) is 0 Å². The third-order valence-electron chi connectivity index (χ3n) is 3.64. The first kappa shape index (κ1) is 13.7. The second kappa shape index (κ2) is 5.91. The third kappa shape index (κ3) is 2.80. The van der Waals surface area contributed by atoms with Gasteiger partial charge in [-0.1, -0.05) is 38.5 Å². The third-order valence-corrected chi connectivity index (χ3v) is 3.64. The van der Waals surface area contributed by atoms with E-state index in [0.29, 0.717) is 6.04 Å². The van der Waals surface area contributed by atoms with Crippen LogP contribution in [0.25, 0.3) is 10.9 Å². The quantitative estimate of drug-likeness (QED) is 0.890. The van der Waals surface area contributed by atoms with Crippen LogP contribution in [0.4, 0.5) is 5.69 Å². The number of rotatable bonds is 5. The second-order valence-electron chi connectivity index (χ2n) is 5.01. The first-order valence-electron chi connectivity index (χ1n) is 7.02. The van der Waals surface area contributed by atoms with Gasteiger partial charge in [-0.25, -0.2) is 0 Å². The zero-order valence-corrected chi connectivity index (χ0v) is 11.9. The average Bonchev–Trinajstić information content (AvgIpc) is 2.44. The molecule has 0 bridgehead atoms. The van der Waals surface area contributed by atoms with E-state index < -0.39 is 0 Å². The summed E-state index contributed by atoms with van der Waals surface area (Å²) in [5, 5.41) is 4.64. The van der Waals surface area contributed by atoms with Crippen molar-refractivity contribution in [1.29, 1.82) is 0 Å². The van der Waals surface area contributed by atoms with Crippen molar-refractivity contribution in [2.75, 3.05) is 5.32 Å².